The van der Waals surface area contributed by atoms with Crippen molar-refractivity contribution in [2.45, 2.75) is 64.0 Å². The van der Waals surface area contributed by atoms with Crippen molar-refractivity contribution in [3.8, 4) is 0 Å². The number of carbonyl (C=O) groups excluding carboxylic acids is 2. The molecule has 5 aliphatic carbocycles. The molecule has 0 spiro atoms. The predicted molar refractivity (Wildman–Crippen MR) is 92.0 cm³/mol. The summed E-state index contributed by atoms with van der Waals surface area (Å²) in [6.07, 6.45) is 10.6. The molecule has 5 aliphatic rings. The van der Waals surface area contributed by atoms with Crippen LogP contribution in [0.2, 0.25) is 0 Å². The quantitative estimate of drug-likeness (QED) is 0.756. The third-order valence-corrected chi connectivity index (χ3v) is 6.99. The summed E-state index contributed by atoms with van der Waals surface area (Å²) in [7, 11) is 1.32. The van der Waals surface area contributed by atoms with Crippen molar-refractivity contribution in [3.05, 3.63) is 17.8 Å². The zero-order valence-corrected chi connectivity index (χ0v) is 15.3. The van der Waals surface area contributed by atoms with Gasteiger partial charge in [-0.3, -0.25) is 4.79 Å². The van der Waals surface area contributed by atoms with Crippen LogP contribution < -0.4 is 0 Å². The lowest BCUT2D eigenvalue weighted by Crippen LogP contribution is -2.54. The maximum atomic E-state index is 13.6. The Kier molecular flexibility index (Phi) is 3.66. The molecule has 0 radical (unpaired) electrons. The second-order valence-electron chi connectivity index (χ2n) is 8.98. The van der Waals surface area contributed by atoms with Crippen molar-refractivity contribution in [3.63, 3.8) is 0 Å². The number of hydrogen-bond acceptors (Lipinski definition) is 5. The second kappa shape index (κ2) is 5.83. The monoisotopic (exact) mass is 358 g/mol. The molecular weight excluding hydrogens is 332 g/mol. The van der Waals surface area contributed by atoms with Gasteiger partial charge in [-0.15, -0.1) is 0 Å². The van der Waals surface area contributed by atoms with Gasteiger partial charge in [0.05, 0.1) is 19.1 Å². The van der Waals surface area contributed by atoms with E-state index in [4.69, 9.17) is 4.42 Å². The van der Waals surface area contributed by atoms with E-state index in [1.807, 2.05) is 4.90 Å². The lowest BCUT2D eigenvalue weighted by Gasteiger charge is -2.56. The number of aromatic nitrogens is 1. The zero-order valence-electron chi connectivity index (χ0n) is 15.3. The topological polar surface area (TPSA) is 72.6 Å². The maximum Gasteiger partial charge on any atom is 0.360 e. The van der Waals surface area contributed by atoms with Gasteiger partial charge >= 0.3 is 5.97 Å². The number of rotatable bonds is 5. The average Bonchev–Trinajstić information content (AvgIpc) is 3.35. The number of nitrogens with zero attached hydrogens (tertiary/aromatic N) is 2. The van der Waals surface area contributed by atoms with Gasteiger partial charge in [-0.05, 0) is 69.1 Å². The first-order valence-electron chi connectivity index (χ1n) is 9.90. The Morgan fingerprint density at radius 2 is 1.81 bits per heavy atom. The summed E-state index contributed by atoms with van der Waals surface area (Å²) < 4.78 is 10.1. The van der Waals surface area contributed by atoms with E-state index in [0.29, 0.717) is 24.4 Å². The molecule has 140 valence electrons. The normalized spacial score (nSPS) is 34.7. The molecule has 1 aromatic heterocycles. The highest BCUT2D eigenvalue weighted by Gasteiger charge is 2.56. The van der Waals surface area contributed by atoms with Gasteiger partial charge in [0.2, 0.25) is 11.8 Å². The van der Waals surface area contributed by atoms with Gasteiger partial charge in [0.1, 0.15) is 6.26 Å². The van der Waals surface area contributed by atoms with Gasteiger partial charge in [0, 0.05) is 6.04 Å². The minimum absolute atomic E-state index is 0.144. The first-order valence-corrected chi connectivity index (χ1v) is 9.90. The number of amides is 1. The standard InChI is InChI=1S/C20H26N2O4/c1-25-18(23)16-11-26-17(21-16)10-22(15-2-3-15)19(24)20-7-12-4-13(8-20)6-14(5-12)9-20/h11-15H,2-10H2,1H3. The Morgan fingerprint density at radius 1 is 1.19 bits per heavy atom. The largest absolute Gasteiger partial charge is 0.464 e. The first-order chi connectivity index (χ1) is 12.6. The summed E-state index contributed by atoms with van der Waals surface area (Å²) in [4.78, 5) is 31.5. The molecule has 0 aromatic carbocycles. The van der Waals surface area contributed by atoms with Gasteiger partial charge in [0.25, 0.3) is 0 Å². The molecule has 5 saturated carbocycles. The summed E-state index contributed by atoms with van der Waals surface area (Å²) in [5.41, 5.74) is 0.0234. The molecule has 1 aromatic rings. The number of esters is 1. The van der Waals surface area contributed by atoms with Gasteiger partial charge in [-0.25, -0.2) is 9.78 Å². The van der Waals surface area contributed by atoms with Crippen LogP contribution in [0.4, 0.5) is 0 Å². The van der Waals surface area contributed by atoms with E-state index in [0.717, 1.165) is 49.9 Å². The lowest BCUT2D eigenvalue weighted by atomic mass is 9.49. The van der Waals surface area contributed by atoms with E-state index in [9.17, 15) is 9.59 Å². The molecule has 5 fully saturated rings. The molecule has 26 heavy (non-hydrogen) atoms. The molecule has 6 rings (SSSR count). The van der Waals surface area contributed by atoms with Crippen LogP contribution in [0, 0.1) is 23.2 Å². The number of oxazole rings is 1. The van der Waals surface area contributed by atoms with Crippen LogP contribution in [0.25, 0.3) is 0 Å². The smallest absolute Gasteiger partial charge is 0.360 e. The Hall–Kier alpha value is -1.85. The van der Waals surface area contributed by atoms with Crippen molar-refractivity contribution in [1.82, 2.24) is 9.88 Å². The van der Waals surface area contributed by atoms with E-state index < -0.39 is 5.97 Å². The van der Waals surface area contributed by atoms with Crippen LogP contribution in [-0.4, -0.2) is 34.9 Å². The Bertz CT molecular complexity index is 701. The first kappa shape index (κ1) is 16.3. The fourth-order valence-electron chi connectivity index (χ4n) is 6.16. The third-order valence-electron chi connectivity index (χ3n) is 6.99. The van der Waals surface area contributed by atoms with Gasteiger partial charge in [-0.2, -0.15) is 0 Å². The fourth-order valence-corrected chi connectivity index (χ4v) is 6.16. The number of carbonyl (C=O) groups is 2. The lowest BCUT2D eigenvalue weighted by molar-refractivity contribution is -0.159. The highest BCUT2D eigenvalue weighted by molar-refractivity contribution is 5.86. The van der Waals surface area contributed by atoms with Gasteiger partial charge in [-0.1, -0.05) is 0 Å². The summed E-state index contributed by atoms with van der Waals surface area (Å²) >= 11 is 0. The molecule has 0 N–H and O–H groups in total. The van der Waals surface area contributed by atoms with E-state index in [1.165, 1.54) is 32.6 Å². The van der Waals surface area contributed by atoms with Crippen molar-refractivity contribution >= 4 is 11.9 Å². The van der Waals surface area contributed by atoms with Crippen LogP contribution in [-0.2, 0) is 16.1 Å². The second-order valence-corrected chi connectivity index (χ2v) is 8.98. The molecule has 4 bridgehead atoms. The van der Waals surface area contributed by atoms with E-state index in [2.05, 4.69) is 9.72 Å². The molecule has 0 unspecified atom stereocenters. The number of hydrogen-bond donors (Lipinski definition) is 0. The highest BCUT2D eigenvalue weighted by Crippen LogP contribution is 2.61. The summed E-state index contributed by atoms with van der Waals surface area (Å²) in [6.45, 7) is 0.363. The predicted octanol–water partition coefficient (Wildman–Crippen LogP) is 3.17. The van der Waals surface area contributed by atoms with Crippen molar-refractivity contribution in [2.24, 2.45) is 23.2 Å². The van der Waals surface area contributed by atoms with Gasteiger partial charge in [0.15, 0.2) is 5.69 Å². The maximum absolute atomic E-state index is 13.6. The SMILES string of the molecule is COC(=O)c1coc(CN(C(=O)C23CC4CC(CC(C4)C2)C3)C2CC2)n1. The fraction of sp³-hybridized carbons (Fsp3) is 0.750. The summed E-state index contributed by atoms with van der Waals surface area (Å²) in [5.74, 6) is 2.48. The average molecular weight is 358 g/mol. The Balaban J connectivity index is 1.37. The van der Waals surface area contributed by atoms with Crippen LogP contribution in [0.1, 0.15) is 67.7 Å². The van der Waals surface area contributed by atoms with E-state index in [1.54, 1.807) is 0 Å². The molecule has 0 atom stereocenters. The molecular formula is C20H26N2O4. The number of ether oxygens (including phenoxy) is 1. The molecule has 0 saturated heterocycles. The molecule has 1 heterocycles. The van der Waals surface area contributed by atoms with Crippen LogP contribution in [0.15, 0.2) is 10.7 Å². The van der Waals surface area contributed by atoms with Gasteiger partial charge < -0.3 is 14.1 Å². The van der Waals surface area contributed by atoms with Crippen molar-refractivity contribution < 1.29 is 18.7 Å². The van der Waals surface area contributed by atoms with Crippen molar-refractivity contribution in [2.75, 3.05) is 7.11 Å². The third kappa shape index (κ3) is 2.65. The molecule has 1 amide bonds. The van der Waals surface area contributed by atoms with Crippen LogP contribution in [0.5, 0.6) is 0 Å². The minimum atomic E-state index is -0.509. The summed E-state index contributed by atoms with van der Waals surface area (Å²) in [6, 6.07) is 0.309. The Labute approximate surface area is 153 Å². The van der Waals surface area contributed by atoms with Crippen LogP contribution >= 0.6 is 0 Å². The van der Waals surface area contributed by atoms with Crippen LogP contribution in [0.3, 0.4) is 0 Å². The van der Waals surface area contributed by atoms with Crippen molar-refractivity contribution in [1.29, 1.82) is 0 Å². The molecule has 6 nitrogen and oxygen atoms in total. The minimum Gasteiger partial charge on any atom is -0.464 e. The molecule has 6 heteroatoms. The zero-order chi connectivity index (χ0) is 17.9. The summed E-state index contributed by atoms with van der Waals surface area (Å²) in [5, 5.41) is 0. The number of methoxy groups -OCH3 is 1. The van der Waals surface area contributed by atoms with E-state index in [-0.39, 0.29) is 11.1 Å². The highest BCUT2D eigenvalue weighted by atomic mass is 16.5. The van der Waals surface area contributed by atoms with E-state index >= 15 is 0 Å². The molecule has 0 aliphatic heterocycles. The Morgan fingerprint density at radius 3 is 2.35 bits per heavy atom.